The molecular weight excluding hydrogens is 364 g/mol. The zero-order valence-electron chi connectivity index (χ0n) is 15.3. The fraction of sp³-hybridized carbons (Fsp3) is 0.333. The van der Waals surface area contributed by atoms with Crippen LogP contribution >= 0.6 is 11.6 Å². The van der Waals surface area contributed by atoms with Crippen molar-refractivity contribution in [2.24, 2.45) is 0 Å². The Hall–Kier alpha value is -2.37. The summed E-state index contributed by atoms with van der Waals surface area (Å²) in [5, 5.41) is 3.53. The van der Waals surface area contributed by atoms with Gasteiger partial charge in [-0.25, -0.2) is 0 Å². The van der Waals surface area contributed by atoms with Gasteiger partial charge in [0.05, 0.1) is 19.3 Å². The fourth-order valence-electron chi connectivity index (χ4n) is 3.10. The molecule has 1 fully saturated rings. The van der Waals surface area contributed by atoms with E-state index in [0.717, 1.165) is 5.56 Å². The molecule has 3 rings (SSSR count). The van der Waals surface area contributed by atoms with Gasteiger partial charge in [-0.3, -0.25) is 9.59 Å². The number of hydrogen-bond donors (Lipinski definition) is 1. The van der Waals surface area contributed by atoms with Gasteiger partial charge in [-0.05, 0) is 43.2 Å². The predicted octanol–water partition coefficient (Wildman–Crippen LogP) is 3.77. The lowest BCUT2D eigenvalue weighted by molar-refractivity contribution is -0.116. The van der Waals surface area contributed by atoms with Crippen molar-refractivity contribution in [1.82, 2.24) is 4.90 Å². The van der Waals surface area contributed by atoms with Gasteiger partial charge >= 0.3 is 0 Å². The molecule has 1 atom stereocenters. The topological polar surface area (TPSA) is 58.6 Å². The zero-order valence-corrected chi connectivity index (χ0v) is 16.0. The van der Waals surface area contributed by atoms with Crippen molar-refractivity contribution in [2.45, 2.75) is 25.8 Å². The minimum atomic E-state index is -0.112. The van der Waals surface area contributed by atoms with Gasteiger partial charge in [0.2, 0.25) is 5.91 Å². The molecule has 1 heterocycles. The summed E-state index contributed by atoms with van der Waals surface area (Å²) in [5.74, 6) is -0.155. The molecule has 1 N–H and O–H groups in total. The molecule has 0 saturated carbocycles. The zero-order chi connectivity index (χ0) is 19.2. The van der Waals surface area contributed by atoms with Crippen molar-refractivity contribution >= 4 is 29.1 Å². The van der Waals surface area contributed by atoms with Gasteiger partial charge in [-0.1, -0.05) is 35.9 Å². The Morgan fingerprint density at radius 2 is 2.04 bits per heavy atom. The van der Waals surface area contributed by atoms with Crippen LogP contribution in [0.5, 0.6) is 0 Å². The molecular formula is C21H23ClN2O3. The van der Waals surface area contributed by atoms with Crippen molar-refractivity contribution < 1.29 is 14.3 Å². The Morgan fingerprint density at radius 3 is 2.81 bits per heavy atom. The summed E-state index contributed by atoms with van der Waals surface area (Å²) in [4.78, 5) is 26.8. The highest BCUT2D eigenvalue weighted by Crippen LogP contribution is 2.18. The quantitative estimate of drug-likeness (QED) is 0.850. The third-order valence-electron chi connectivity index (χ3n) is 4.60. The number of aryl methyl sites for hydroxylation is 1. The highest BCUT2D eigenvalue weighted by Gasteiger charge is 2.24. The molecule has 0 aliphatic carbocycles. The molecule has 1 aliphatic rings. The molecule has 0 spiro atoms. The van der Waals surface area contributed by atoms with Crippen molar-refractivity contribution in [3.8, 4) is 0 Å². The third kappa shape index (κ3) is 5.08. The number of rotatable bonds is 5. The molecule has 2 aromatic rings. The van der Waals surface area contributed by atoms with Gasteiger partial charge in [0, 0.05) is 29.2 Å². The first-order valence-electron chi connectivity index (χ1n) is 9.06. The monoisotopic (exact) mass is 386 g/mol. The molecule has 2 amide bonds. The van der Waals surface area contributed by atoms with Crippen LogP contribution < -0.4 is 5.32 Å². The molecule has 0 aromatic heterocycles. The summed E-state index contributed by atoms with van der Waals surface area (Å²) in [6.07, 6.45) is 0.887. The standard InChI is InChI=1S/C21H23ClN2O3/c1-15-14-27-12-11-24(15)21(26)17-6-4-7-18(13-17)23-20(25)10-9-16-5-2-3-8-19(16)22/h2-8,13,15H,9-12,14H2,1H3,(H,23,25). The van der Waals surface area contributed by atoms with Crippen LogP contribution in [0.4, 0.5) is 5.69 Å². The average molecular weight is 387 g/mol. The summed E-state index contributed by atoms with van der Waals surface area (Å²) in [6.45, 7) is 3.64. The van der Waals surface area contributed by atoms with Crippen LogP contribution in [0.3, 0.4) is 0 Å². The Morgan fingerprint density at radius 1 is 1.22 bits per heavy atom. The molecule has 2 aromatic carbocycles. The van der Waals surface area contributed by atoms with Crippen LogP contribution in [-0.2, 0) is 16.0 Å². The smallest absolute Gasteiger partial charge is 0.254 e. The second kappa shape index (κ2) is 9.02. The van der Waals surface area contributed by atoms with E-state index in [9.17, 15) is 9.59 Å². The minimum Gasteiger partial charge on any atom is -0.377 e. The van der Waals surface area contributed by atoms with Crippen molar-refractivity contribution in [3.63, 3.8) is 0 Å². The van der Waals surface area contributed by atoms with E-state index in [4.69, 9.17) is 16.3 Å². The Labute approximate surface area is 164 Å². The van der Waals surface area contributed by atoms with E-state index in [1.54, 1.807) is 24.3 Å². The Kier molecular flexibility index (Phi) is 6.48. The number of carbonyl (C=O) groups is 2. The number of nitrogens with zero attached hydrogens (tertiary/aromatic N) is 1. The molecule has 142 valence electrons. The number of ether oxygens (including phenoxy) is 1. The van der Waals surface area contributed by atoms with E-state index in [1.165, 1.54) is 0 Å². The van der Waals surface area contributed by atoms with Gasteiger partial charge in [0.1, 0.15) is 0 Å². The maximum atomic E-state index is 12.7. The van der Waals surface area contributed by atoms with Crippen molar-refractivity contribution in [3.05, 3.63) is 64.7 Å². The van der Waals surface area contributed by atoms with E-state index in [1.807, 2.05) is 36.1 Å². The van der Waals surface area contributed by atoms with E-state index >= 15 is 0 Å². The van der Waals surface area contributed by atoms with Crippen LogP contribution in [-0.4, -0.2) is 42.5 Å². The first-order valence-corrected chi connectivity index (χ1v) is 9.44. The normalized spacial score (nSPS) is 16.8. The SMILES string of the molecule is CC1COCCN1C(=O)c1cccc(NC(=O)CCc2ccccc2Cl)c1. The van der Waals surface area contributed by atoms with Gasteiger partial charge in [0.25, 0.3) is 5.91 Å². The van der Waals surface area contributed by atoms with E-state index in [0.29, 0.717) is 48.9 Å². The molecule has 27 heavy (non-hydrogen) atoms. The minimum absolute atomic E-state index is 0.0418. The number of amides is 2. The van der Waals surface area contributed by atoms with Crippen LogP contribution in [0.1, 0.15) is 29.3 Å². The number of hydrogen-bond acceptors (Lipinski definition) is 3. The summed E-state index contributed by atoms with van der Waals surface area (Å²) < 4.78 is 5.39. The Bertz CT molecular complexity index is 825. The highest BCUT2D eigenvalue weighted by atomic mass is 35.5. The summed E-state index contributed by atoms with van der Waals surface area (Å²) in [7, 11) is 0. The number of morpholine rings is 1. The molecule has 1 aliphatic heterocycles. The maximum Gasteiger partial charge on any atom is 0.254 e. The molecule has 1 saturated heterocycles. The van der Waals surface area contributed by atoms with Crippen molar-refractivity contribution in [2.75, 3.05) is 25.1 Å². The number of halogens is 1. The summed E-state index contributed by atoms with van der Waals surface area (Å²) in [6, 6.07) is 14.6. The van der Waals surface area contributed by atoms with Crippen LogP contribution in [0.15, 0.2) is 48.5 Å². The van der Waals surface area contributed by atoms with Gasteiger partial charge in [-0.15, -0.1) is 0 Å². The van der Waals surface area contributed by atoms with E-state index < -0.39 is 0 Å². The number of carbonyl (C=O) groups excluding carboxylic acids is 2. The summed E-state index contributed by atoms with van der Waals surface area (Å²) >= 11 is 6.13. The lowest BCUT2D eigenvalue weighted by Crippen LogP contribution is -2.47. The average Bonchev–Trinajstić information content (AvgIpc) is 2.67. The van der Waals surface area contributed by atoms with Crippen LogP contribution in [0.25, 0.3) is 0 Å². The van der Waals surface area contributed by atoms with Gasteiger partial charge < -0.3 is 15.0 Å². The van der Waals surface area contributed by atoms with E-state index in [-0.39, 0.29) is 17.9 Å². The molecule has 5 nitrogen and oxygen atoms in total. The van der Waals surface area contributed by atoms with E-state index in [2.05, 4.69) is 5.32 Å². The number of anilines is 1. The number of nitrogens with one attached hydrogen (secondary N) is 1. The first-order chi connectivity index (χ1) is 13.0. The van der Waals surface area contributed by atoms with Crippen LogP contribution in [0, 0.1) is 0 Å². The predicted molar refractivity (Wildman–Crippen MR) is 106 cm³/mol. The molecule has 6 heteroatoms. The number of benzene rings is 2. The molecule has 0 radical (unpaired) electrons. The fourth-order valence-corrected chi connectivity index (χ4v) is 3.33. The van der Waals surface area contributed by atoms with Crippen molar-refractivity contribution in [1.29, 1.82) is 0 Å². The largest absolute Gasteiger partial charge is 0.377 e. The summed E-state index contributed by atoms with van der Waals surface area (Å²) in [5.41, 5.74) is 2.12. The second-order valence-electron chi connectivity index (χ2n) is 6.64. The lowest BCUT2D eigenvalue weighted by atomic mass is 10.1. The second-order valence-corrected chi connectivity index (χ2v) is 7.05. The molecule has 0 bridgehead atoms. The third-order valence-corrected chi connectivity index (χ3v) is 4.97. The van der Waals surface area contributed by atoms with Gasteiger partial charge in [0.15, 0.2) is 0 Å². The lowest BCUT2D eigenvalue weighted by Gasteiger charge is -2.33. The first kappa shape index (κ1) is 19.4. The highest BCUT2D eigenvalue weighted by molar-refractivity contribution is 6.31. The maximum absolute atomic E-state index is 12.7. The molecule has 1 unspecified atom stereocenters. The van der Waals surface area contributed by atoms with Gasteiger partial charge in [-0.2, -0.15) is 0 Å². The Balaban J connectivity index is 1.60. The van der Waals surface area contributed by atoms with Crippen LogP contribution in [0.2, 0.25) is 5.02 Å².